The van der Waals surface area contributed by atoms with Gasteiger partial charge in [0, 0.05) is 19.5 Å². The number of fused-ring (bicyclic) bond motifs is 1. The van der Waals surface area contributed by atoms with Gasteiger partial charge in [0.1, 0.15) is 5.75 Å². The first-order valence-electron chi connectivity index (χ1n) is 8.65. The van der Waals surface area contributed by atoms with Crippen molar-refractivity contribution in [2.45, 2.75) is 25.8 Å². The zero-order valence-corrected chi connectivity index (χ0v) is 14.7. The van der Waals surface area contributed by atoms with Crippen LogP contribution in [0.2, 0.25) is 0 Å². The van der Waals surface area contributed by atoms with Crippen LogP contribution >= 0.6 is 0 Å². The molecule has 0 unspecified atom stereocenters. The Morgan fingerprint density at radius 1 is 1.19 bits per heavy atom. The van der Waals surface area contributed by atoms with Crippen molar-refractivity contribution < 1.29 is 13.9 Å². The maximum Gasteiger partial charge on any atom is 0.419 e. The Hall–Kier alpha value is -3.02. The molecular weight excluding hydrogens is 332 g/mol. The Morgan fingerprint density at radius 2 is 2.04 bits per heavy atom. The van der Waals surface area contributed by atoms with E-state index in [1.54, 1.807) is 17.7 Å². The molecule has 0 spiro atoms. The number of amides is 1. The summed E-state index contributed by atoms with van der Waals surface area (Å²) in [4.78, 5) is 23.9. The van der Waals surface area contributed by atoms with Crippen molar-refractivity contribution in [3.63, 3.8) is 0 Å². The molecule has 2 aromatic carbocycles. The highest BCUT2D eigenvalue weighted by atomic mass is 16.5. The Balaban J connectivity index is 1.44. The van der Waals surface area contributed by atoms with E-state index in [0.717, 1.165) is 23.3 Å². The predicted octanol–water partition coefficient (Wildman–Crippen LogP) is 2.74. The molecule has 0 saturated carbocycles. The zero-order chi connectivity index (χ0) is 18.4. The average Bonchev–Trinajstić information content (AvgIpc) is 2.97. The molecule has 3 rings (SSSR count). The van der Waals surface area contributed by atoms with Crippen LogP contribution in [-0.4, -0.2) is 24.1 Å². The summed E-state index contributed by atoms with van der Waals surface area (Å²) in [5.74, 6) is 0.407. The van der Waals surface area contributed by atoms with Gasteiger partial charge in [-0.15, -0.1) is 0 Å². The number of hydrogen-bond acceptors (Lipinski definition) is 4. The van der Waals surface area contributed by atoms with Crippen LogP contribution in [-0.2, 0) is 17.8 Å². The molecule has 0 aliphatic heterocycles. The van der Waals surface area contributed by atoms with Gasteiger partial charge in [0.05, 0.1) is 12.6 Å². The fourth-order valence-corrected chi connectivity index (χ4v) is 2.89. The van der Waals surface area contributed by atoms with E-state index in [-0.39, 0.29) is 11.7 Å². The zero-order valence-electron chi connectivity index (χ0n) is 14.7. The molecule has 1 N–H and O–H groups in total. The molecule has 6 nitrogen and oxygen atoms in total. The van der Waals surface area contributed by atoms with Crippen LogP contribution in [0, 0.1) is 0 Å². The summed E-state index contributed by atoms with van der Waals surface area (Å²) in [5.41, 5.74) is 2.44. The molecule has 0 aliphatic carbocycles. The highest BCUT2D eigenvalue weighted by molar-refractivity contribution is 5.76. The third-order valence-electron chi connectivity index (χ3n) is 4.23. The van der Waals surface area contributed by atoms with Crippen molar-refractivity contribution >= 4 is 17.0 Å². The summed E-state index contributed by atoms with van der Waals surface area (Å²) in [7, 11) is 1.63. The smallest absolute Gasteiger partial charge is 0.419 e. The molecule has 0 saturated heterocycles. The largest absolute Gasteiger partial charge is 0.497 e. The van der Waals surface area contributed by atoms with Crippen molar-refractivity contribution in [1.29, 1.82) is 0 Å². The quantitative estimate of drug-likeness (QED) is 0.675. The first kappa shape index (κ1) is 17.8. The monoisotopic (exact) mass is 354 g/mol. The van der Waals surface area contributed by atoms with Gasteiger partial charge in [0.15, 0.2) is 5.58 Å². The van der Waals surface area contributed by atoms with E-state index in [1.165, 1.54) is 0 Å². The van der Waals surface area contributed by atoms with Crippen molar-refractivity contribution in [2.24, 2.45) is 0 Å². The molecule has 0 radical (unpaired) electrons. The minimum Gasteiger partial charge on any atom is -0.497 e. The predicted molar refractivity (Wildman–Crippen MR) is 99.4 cm³/mol. The normalized spacial score (nSPS) is 10.8. The summed E-state index contributed by atoms with van der Waals surface area (Å²) in [6, 6.07) is 15.1. The molecule has 3 aromatic rings. The number of nitrogens with zero attached hydrogens (tertiary/aromatic N) is 1. The van der Waals surface area contributed by atoms with E-state index in [9.17, 15) is 9.59 Å². The van der Waals surface area contributed by atoms with E-state index < -0.39 is 0 Å². The Bertz CT molecular complexity index is 942. The van der Waals surface area contributed by atoms with Gasteiger partial charge in [0.25, 0.3) is 0 Å². The first-order chi connectivity index (χ1) is 12.7. The van der Waals surface area contributed by atoms with Gasteiger partial charge < -0.3 is 14.5 Å². The topological polar surface area (TPSA) is 73.5 Å². The Morgan fingerprint density at radius 3 is 2.88 bits per heavy atom. The minimum absolute atomic E-state index is 0.0197. The fourth-order valence-electron chi connectivity index (χ4n) is 2.89. The number of nitrogens with one attached hydrogen (secondary N) is 1. The minimum atomic E-state index is -0.385. The Kier molecular flexibility index (Phi) is 5.73. The van der Waals surface area contributed by atoms with Gasteiger partial charge in [-0.3, -0.25) is 9.36 Å². The lowest BCUT2D eigenvalue weighted by molar-refractivity contribution is -0.121. The maximum atomic E-state index is 12.0. The van der Waals surface area contributed by atoms with Gasteiger partial charge >= 0.3 is 5.76 Å². The molecule has 1 amide bonds. The summed E-state index contributed by atoms with van der Waals surface area (Å²) < 4.78 is 11.9. The highest BCUT2D eigenvalue weighted by Crippen LogP contribution is 2.13. The third-order valence-corrected chi connectivity index (χ3v) is 4.23. The third kappa shape index (κ3) is 4.33. The SMILES string of the molecule is COc1cccc(CCNC(=O)CCCn2c(=O)oc3ccccc32)c1. The summed E-state index contributed by atoms with van der Waals surface area (Å²) in [5, 5.41) is 2.91. The number of aromatic nitrogens is 1. The molecule has 6 heteroatoms. The number of benzene rings is 2. The van der Waals surface area contributed by atoms with E-state index in [0.29, 0.717) is 31.5 Å². The van der Waals surface area contributed by atoms with Crippen molar-refractivity contribution in [2.75, 3.05) is 13.7 Å². The molecule has 136 valence electrons. The van der Waals surface area contributed by atoms with E-state index in [4.69, 9.17) is 9.15 Å². The van der Waals surface area contributed by atoms with E-state index >= 15 is 0 Å². The van der Waals surface area contributed by atoms with Gasteiger partial charge in [-0.05, 0) is 42.7 Å². The van der Waals surface area contributed by atoms with Gasteiger partial charge in [-0.25, -0.2) is 4.79 Å². The van der Waals surface area contributed by atoms with Crippen LogP contribution in [0.1, 0.15) is 18.4 Å². The molecule has 0 bridgehead atoms. The summed E-state index contributed by atoms with van der Waals surface area (Å²) >= 11 is 0. The highest BCUT2D eigenvalue weighted by Gasteiger charge is 2.09. The van der Waals surface area contributed by atoms with Gasteiger partial charge in [-0.2, -0.15) is 0 Å². The molecule has 0 aliphatic rings. The van der Waals surface area contributed by atoms with E-state index in [2.05, 4.69) is 5.32 Å². The number of methoxy groups -OCH3 is 1. The van der Waals surface area contributed by atoms with Crippen molar-refractivity contribution in [3.8, 4) is 5.75 Å². The molecule has 0 atom stereocenters. The van der Waals surface area contributed by atoms with E-state index in [1.807, 2.05) is 42.5 Å². The average molecular weight is 354 g/mol. The van der Waals surface area contributed by atoms with Gasteiger partial charge in [0.2, 0.25) is 5.91 Å². The molecular formula is C20H22N2O4. The number of carbonyl (C=O) groups excluding carboxylic acids is 1. The molecule has 26 heavy (non-hydrogen) atoms. The lowest BCUT2D eigenvalue weighted by Crippen LogP contribution is -2.26. The molecule has 1 aromatic heterocycles. The number of rotatable bonds is 8. The van der Waals surface area contributed by atoms with Crippen LogP contribution in [0.15, 0.2) is 57.7 Å². The van der Waals surface area contributed by atoms with Crippen LogP contribution in [0.5, 0.6) is 5.75 Å². The number of carbonyl (C=O) groups is 1. The second-order valence-corrected chi connectivity index (χ2v) is 6.04. The second kappa shape index (κ2) is 8.38. The number of hydrogen-bond donors (Lipinski definition) is 1. The number of oxazole rings is 1. The Labute approximate surface area is 151 Å². The summed E-state index contributed by atoms with van der Waals surface area (Å²) in [6.45, 7) is 1.03. The van der Waals surface area contributed by atoms with Crippen LogP contribution in [0.3, 0.4) is 0 Å². The van der Waals surface area contributed by atoms with Crippen molar-refractivity contribution in [1.82, 2.24) is 9.88 Å². The standard InChI is InChI=1S/C20H22N2O4/c1-25-16-7-4-6-15(14-16)11-12-21-19(23)10-5-13-22-17-8-2-3-9-18(17)26-20(22)24/h2-4,6-9,14H,5,10-13H2,1H3,(H,21,23). The lowest BCUT2D eigenvalue weighted by atomic mass is 10.1. The molecule has 1 heterocycles. The van der Waals surface area contributed by atoms with Crippen LogP contribution in [0.25, 0.3) is 11.1 Å². The molecule has 0 fully saturated rings. The second-order valence-electron chi connectivity index (χ2n) is 6.04. The first-order valence-corrected chi connectivity index (χ1v) is 8.65. The number of para-hydroxylation sites is 2. The lowest BCUT2D eigenvalue weighted by Gasteiger charge is -2.07. The fraction of sp³-hybridized carbons (Fsp3) is 0.300. The summed E-state index contributed by atoms with van der Waals surface area (Å²) in [6.07, 6.45) is 1.69. The van der Waals surface area contributed by atoms with Gasteiger partial charge in [-0.1, -0.05) is 24.3 Å². The number of aryl methyl sites for hydroxylation is 1. The maximum absolute atomic E-state index is 12.0. The number of ether oxygens (including phenoxy) is 1. The van der Waals surface area contributed by atoms with Crippen LogP contribution < -0.4 is 15.8 Å². The van der Waals surface area contributed by atoms with Crippen LogP contribution in [0.4, 0.5) is 0 Å². The van der Waals surface area contributed by atoms with Crippen molar-refractivity contribution in [3.05, 3.63) is 64.6 Å².